The summed E-state index contributed by atoms with van der Waals surface area (Å²) in [5.74, 6) is -0.317. The van der Waals surface area contributed by atoms with Gasteiger partial charge in [0.25, 0.3) is 11.6 Å². The van der Waals surface area contributed by atoms with Crippen molar-refractivity contribution in [1.29, 1.82) is 0 Å². The third-order valence-corrected chi connectivity index (χ3v) is 5.43. The highest BCUT2D eigenvalue weighted by Gasteiger charge is 2.24. The van der Waals surface area contributed by atoms with Gasteiger partial charge in [-0.1, -0.05) is 53.7 Å². The zero-order chi connectivity index (χ0) is 24.1. The van der Waals surface area contributed by atoms with Crippen molar-refractivity contribution in [2.45, 2.75) is 19.4 Å². The summed E-state index contributed by atoms with van der Waals surface area (Å²) < 4.78 is 19.1. The molecular formula is C25H21FN4O4. The van der Waals surface area contributed by atoms with Crippen molar-refractivity contribution in [1.82, 2.24) is 15.0 Å². The standard InChI is InChI=1S/C25H21FN4O4/c1-17(18-7-3-2-4-8-18)29(25(31)20-10-5-11-21(26)15-20)14-13-23-27-24(28-34-23)19-9-6-12-22(16-19)30(32)33/h2-12,15-17H,13-14H2,1H3. The van der Waals surface area contributed by atoms with Gasteiger partial charge < -0.3 is 9.42 Å². The van der Waals surface area contributed by atoms with Crippen molar-refractivity contribution in [3.63, 3.8) is 0 Å². The molecule has 1 atom stereocenters. The van der Waals surface area contributed by atoms with Crippen molar-refractivity contribution in [3.05, 3.63) is 112 Å². The van der Waals surface area contributed by atoms with Gasteiger partial charge in [-0.05, 0) is 30.7 Å². The van der Waals surface area contributed by atoms with Gasteiger partial charge in [0.2, 0.25) is 11.7 Å². The minimum absolute atomic E-state index is 0.0765. The third kappa shape index (κ3) is 5.15. The Bertz CT molecular complexity index is 1310. The Balaban J connectivity index is 1.56. The van der Waals surface area contributed by atoms with Crippen LogP contribution in [0.5, 0.6) is 0 Å². The molecule has 3 aromatic carbocycles. The number of amides is 1. The molecule has 1 aromatic heterocycles. The number of hydrogen-bond donors (Lipinski definition) is 0. The Hall–Kier alpha value is -4.40. The molecule has 34 heavy (non-hydrogen) atoms. The molecule has 0 fully saturated rings. The smallest absolute Gasteiger partial charge is 0.270 e. The highest BCUT2D eigenvalue weighted by atomic mass is 19.1. The SMILES string of the molecule is CC(c1ccccc1)N(CCc1nc(-c2cccc([N+](=O)[O-])c2)no1)C(=O)c1cccc(F)c1. The predicted octanol–water partition coefficient (Wildman–Crippen LogP) is 5.23. The molecule has 0 bridgehead atoms. The molecule has 0 N–H and O–H groups in total. The van der Waals surface area contributed by atoms with E-state index in [1.165, 1.54) is 30.3 Å². The average Bonchev–Trinajstić information content (AvgIpc) is 3.33. The molecule has 1 unspecified atom stereocenters. The van der Waals surface area contributed by atoms with E-state index in [9.17, 15) is 19.3 Å². The first-order valence-electron chi connectivity index (χ1n) is 10.6. The van der Waals surface area contributed by atoms with Crippen LogP contribution in [-0.2, 0) is 6.42 Å². The van der Waals surface area contributed by atoms with Gasteiger partial charge >= 0.3 is 0 Å². The van der Waals surface area contributed by atoms with Gasteiger partial charge in [-0.15, -0.1) is 0 Å². The lowest BCUT2D eigenvalue weighted by Crippen LogP contribution is -2.35. The highest BCUT2D eigenvalue weighted by Crippen LogP contribution is 2.24. The van der Waals surface area contributed by atoms with E-state index >= 15 is 0 Å². The maximum Gasteiger partial charge on any atom is 0.270 e. The van der Waals surface area contributed by atoms with Gasteiger partial charge in [-0.25, -0.2) is 4.39 Å². The number of nitro benzene ring substituents is 1. The van der Waals surface area contributed by atoms with E-state index in [1.807, 2.05) is 37.3 Å². The van der Waals surface area contributed by atoms with Crippen molar-refractivity contribution >= 4 is 11.6 Å². The molecule has 0 spiro atoms. The van der Waals surface area contributed by atoms with Crippen LogP contribution < -0.4 is 0 Å². The molecule has 9 heteroatoms. The van der Waals surface area contributed by atoms with E-state index in [1.54, 1.807) is 23.1 Å². The molecule has 0 aliphatic rings. The summed E-state index contributed by atoms with van der Waals surface area (Å²) in [6.07, 6.45) is 0.250. The quantitative estimate of drug-likeness (QED) is 0.264. The lowest BCUT2D eigenvalue weighted by atomic mass is 10.0. The van der Waals surface area contributed by atoms with Gasteiger partial charge in [0, 0.05) is 36.2 Å². The van der Waals surface area contributed by atoms with Crippen LogP contribution in [0.2, 0.25) is 0 Å². The third-order valence-electron chi connectivity index (χ3n) is 5.43. The largest absolute Gasteiger partial charge is 0.339 e. The Morgan fingerprint density at radius 1 is 1.09 bits per heavy atom. The number of non-ortho nitro benzene ring substituents is 1. The molecule has 0 saturated carbocycles. The summed E-state index contributed by atoms with van der Waals surface area (Å²) >= 11 is 0. The molecule has 0 saturated heterocycles. The van der Waals surface area contributed by atoms with Crippen LogP contribution in [0.25, 0.3) is 11.4 Å². The summed E-state index contributed by atoms with van der Waals surface area (Å²) in [5, 5.41) is 15.0. The molecule has 0 radical (unpaired) electrons. The Kier molecular flexibility index (Phi) is 6.72. The summed E-state index contributed by atoms with van der Waals surface area (Å²) in [5.41, 5.74) is 1.54. The van der Waals surface area contributed by atoms with Crippen LogP contribution in [0.1, 0.15) is 34.8 Å². The first-order chi connectivity index (χ1) is 16.4. The summed E-state index contributed by atoms with van der Waals surface area (Å²) in [7, 11) is 0. The van der Waals surface area contributed by atoms with E-state index in [-0.39, 0.29) is 47.9 Å². The Labute approximate surface area is 194 Å². The highest BCUT2D eigenvalue weighted by molar-refractivity contribution is 5.94. The van der Waals surface area contributed by atoms with Crippen LogP contribution >= 0.6 is 0 Å². The Morgan fingerprint density at radius 3 is 2.59 bits per heavy atom. The minimum Gasteiger partial charge on any atom is -0.339 e. The second-order valence-corrected chi connectivity index (χ2v) is 7.66. The molecular weight excluding hydrogens is 439 g/mol. The molecule has 8 nitrogen and oxygen atoms in total. The monoisotopic (exact) mass is 460 g/mol. The van der Waals surface area contributed by atoms with Gasteiger partial charge in [0.1, 0.15) is 5.82 Å². The maximum atomic E-state index is 13.8. The fraction of sp³-hybridized carbons (Fsp3) is 0.160. The fourth-order valence-corrected chi connectivity index (χ4v) is 3.62. The van der Waals surface area contributed by atoms with Crippen LogP contribution in [0.4, 0.5) is 10.1 Å². The topological polar surface area (TPSA) is 102 Å². The summed E-state index contributed by atoms with van der Waals surface area (Å²) in [6.45, 7) is 2.14. The van der Waals surface area contributed by atoms with Crippen molar-refractivity contribution in [2.75, 3.05) is 6.54 Å². The maximum absolute atomic E-state index is 13.8. The molecule has 0 aliphatic heterocycles. The number of aromatic nitrogens is 2. The van der Waals surface area contributed by atoms with Gasteiger partial charge in [-0.3, -0.25) is 14.9 Å². The number of benzene rings is 3. The number of halogens is 1. The van der Waals surface area contributed by atoms with E-state index in [0.29, 0.717) is 5.56 Å². The number of nitro groups is 1. The van der Waals surface area contributed by atoms with Crippen LogP contribution in [0.3, 0.4) is 0 Å². The molecule has 0 aliphatic carbocycles. The fourth-order valence-electron chi connectivity index (χ4n) is 3.62. The van der Waals surface area contributed by atoms with Crippen LogP contribution in [0, 0.1) is 15.9 Å². The predicted molar refractivity (Wildman–Crippen MR) is 122 cm³/mol. The lowest BCUT2D eigenvalue weighted by molar-refractivity contribution is -0.384. The van der Waals surface area contributed by atoms with E-state index < -0.39 is 10.7 Å². The normalized spacial score (nSPS) is 11.7. The first kappa shape index (κ1) is 22.8. The zero-order valence-electron chi connectivity index (χ0n) is 18.3. The second-order valence-electron chi connectivity index (χ2n) is 7.66. The van der Waals surface area contributed by atoms with E-state index in [4.69, 9.17) is 4.52 Å². The number of carbonyl (C=O) groups excluding carboxylic acids is 1. The zero-order valence-corrected chi connectivity index (χ0v) is 18.3. The first-order valence-corrected chi connectivity index (χ1v) is 10.6. The second kappa shape index (κ2) is 10.0. The van der Waals surface area contributed by atoms with Crippen LogP contribution in [-0.4, -0.2) is 32.4 Å². The van der Waals surface area contributed by atoms with Crippen LogP contribution in [0.15, 0.2) is 83.4 Å². The molecule has 1 amide bonds. The number of carbonyl (C=O) groups is 1. The van der Waals surface area contributed by atoms with E-state index in [0.717, 1.165) is 5.56 Å². The summed E-state index contributed by atoms with van der Waals surface area (Å²) in [6, 6.07) is 20.7. The Morgan fingerprint density at radius 2 is 1.85 bits per heavy atom. The van der Waals surface area contributed by atoms with Gasteiger partial charge in [0.15, 0.2) is 0 Å². The van der Waals surface area contributed by atoms with Crippen molar-refractivity contribution in [2.24, 2.45) is 0 Å². The average molecular weight is 460 g/mol. The number of hydrogen-bond acceptors (Lipinski definition) is 6. The lowest BCUT2D eigenvalue weighted by Gasteiger charge is -2.29. The number of rotatable bonds is 8. The molecule has 172 valence electrons. The number of nitrogens with zero attached hydrogens (tertiary/aromatic N) is 4. The molecule has 1 heterocycles. The molecule has 4 aromatic rings. The minimum atomic E-state index is -0.495. The van der Waals surface area contributed by atoms with E-state index in [2.05, 4.69) is 10.1 Å². The molecule has 4 rings (SSSR count). The van der Waals surface area contributed by atoms with Gasteiger partial charge in [-0.2, -0.15) is 4.98 Å². The van der Waals surface area contributed by atoms with Gasteiger partial charge in [0.05, 0.1) is 11.0 Å². The van der Waals surface area contributed by atoms with Crippen molar-refractivity contribution < 1.29 is 18.6 Å². The van der Waals surface area contributed by atoms with Crippen molar-refractivity contribution in [3.8, 4) is 11.4 Å². The summed E-state index contributed by atoms with van der Waals surface area (Å²) in [4.78, 5) is 29.8.